The van der Waals surface area contributed by atoms with E-state index in [1.807, 2.05) is 0 Å². The van der Waals surface area contributed by atoms with Crippen molar-refractivity contribution in [2.75, 3.05) is 12.4 Å². The lowest BCUT2D eigenvalue weighted by molar-refractivity contribution is 0.102. The molecule has 6 heteroatoms. The average molecular weight is 357 g/mol. The number of hydrogen-bond acceptors (Lipinski definition) is 3. The number of anilines is 1. The van der Waals surface area contributed by atoms with Crippen molar-refractivity contribution in [3.63, 3.8) is 0 Å². The first-order chi connectivity index (χ1) is 9.51. The molecule has 0 aromatic heterocycles. The maximum Gasteiger partial charge on any atom is 0.259 e. The van der Waals surface area contributed by atoms with Crippen LogP contribution in [-0.4, -0.2) is 18.1 Å². The summed E-state index contributed by atoms with van der Waals surface area (Å²) in [5.41, 5.74) is 0.688. The van der Waals surface area contributed by atoms with Crippen LogP contribution >= 0.6 is 27.5 Å². The molecule has 0 heterocycles. The lowest BCUT2D eigenvalue weighted by atomic mass is 10.1. The summed E-state index contributed by atoms with van der Waals surface area (Å²) in [5.74, 6) is -0.0686. The molecule has 2 rings (SSSR count). The van der Waals surface area contributed by atoms with Crippen LogP contribution in [0, 0.1) is 0 Å². The highest BCUT2D eigenvalue weighted by atomic mass is 79.9. The molecule has 0 bridgehead atoms. The second kappa shape index (κ2) is 6.15. The molecule has 0 atom stereocenters. The molecule has 2 aromatic carbocycles. The smallest absolute Gasteiger partial charge is 0.259 e. The lowest BCUT2D eigenvalue weighted by Crippen LogP contribution is -2.12. The van der Waals surface area contributed by atoms with Gasteiger partial charge in [-0.3, -0.25) is 4.79 Å². The van der Waals surface area contributed by atoms with Crippen LogP contribution in [0.2, 0.25) is 5.02 Å². The quantitative estimate of drug-likeness (QED) is 0.871. The Bertz CT molecular complexity index is 661. The number of carbonyl (C=O) groups is 1. The van der Waals surface area contributed by atoms with Crippen LogP contribution in [-0.2, 0) is 0 Å². The monoisotopic (exact) mass is 355 g/mol. The Morgan fingerprint density at radius 1 is 1.30 bits per heavy atom. The van der Waals surface area contributed by atoms with E-state index in [2.05, 4.69) is 21.2 Å². The minimum atomic E-state index is -0.440. The summed E-state index contributed by atoms with van der Waals surface area (Å²) in [6.07, 6.45) is 0. The summed E-state index contributed by atoms with van der Waals surface area (Å²) < 4.78 is 5.69. The fraction of sp³-hybridized carbons (Fsp3) is 0.0714. The largest absolute Gasteiger partial charge is 0.507 e. The van der Waals surface area contributed by atoms with Gasteiger partial charge in [0.25, 0.3) is 5.91 Å². The zero-order chi connectivity index (χ0) is 14.7. The summed E-state index contributed by atoms with van der Waals surface area (Å²) in [6.45, 7) is 0. The maximum absolute atomic E-state index is 12.2. The van der Waals surface area contributed by atoms with Crippen molar-refractivity contribution in [1.29, 1.82) is 0 Å². The zero-order valence-corrected chi connectivity index (χ0v) is 12.8. The molecular formula is C14H11BrClNO3. The topological polar surface area (TPSA) is 58.6 Å². The Hall–Kier alpha value is -1.72. The van der Waals surface area contributed by atoms with Gasteiger partial charge in [0.15, 0.2) is 0 Å². The standard InChI is InChI=1S/C14H11BrClNO3/c1-20-9-3-5-13(18)10(7-9)14(19)17-12-4-2-8(16)6-11(12)15/h2-7,18H,1H3,(H,17,19). The average Bonchev–Trinajstić information content (AvgIpc) is 2.42. The number of benzene rings is 2. The number of rotatable bonds is 3. The SMILES string of the molecule is COc1ccc(O)c(C(=O)Nc2ccc(Cl)cc2Br)c1. The summed E-state index contributed by atoms with van der Waals surface area (Å²) in [5, 5.41) is 13.0. The molecular weight excluding hydrogens is 346 g/mol. The number of nitrogens with one attached hydrogen (secondary N) is 1. The van der Waals surface area contributed by atoms with Gasteiger partial charge in [-0.1, -0.05) is 11.6 Å². The minimum Gasteiger partial charge on any atom is -0.507 e. The fourth-order valence-corrected chi connectivity index (χ4v) is 2.39. The Kier molecular flexibility index (Phi) is 4.52. The molecule has 0 saturated heterocycles. The Morgan fingerprint density at radius 2 is 2.05 bits per heavy atom. The summed E-state index contributed by atoms with van der Waals surface area (Å²) in [6, 6.07) is 9.45. The van der Waals surface area contributed by atoms with Crippen molar-refractivity contribution in [2.45, 2.75) is 0 Å². The molecule has 0 saturated carbocycles. The molecule has 20 heavy (non-hydrogen) atoms. The van der Waals surface area contributed by atoms with Crippen molar-refractivity contribution < 1.29 is 14.6 Å². The molecule has 0 radical (unpaired) electrons. The summed E-state index contributed by atoms with van der Waals surface area (Å²) >= 11 is 9.14. The molecule has 0 aliphatic rings. The number of halogens is 2. The Balaban J connectivity index is 2.28. The van der Waals surface area contributed by atoms with E-state index in [9.17, 15) is 9.90 Å². The van der Waals surface area contributed by atoms with Crippen LogP contribution in [0.4, 0.5) is 5.69 Å². The Labute approximate surface area is 129 Å². The summed E-state index contributed by atoms with van der Waals surface area (Å²) in [4.78, 5) is 12.2. The van der Waals surface area contributed by atoms with E-state index in [4.69, 9.17) is 16.3 Å². The number of carbonyl (C=O) groups excluding carboxylic acids is 1. The van der Waals surface area contributed by atoms with E-state index in [0.717, 1.165) is 0 Å². The van der Waals surface area contributed by atoms with Crippen LogP contribution in [0.1, 0.15) is 10.4 Å². The number of hydrogen-bond donors (Lipinski definition) is 2. The van der Waals surface area contributed by atoms with Gasteiger partial charge in [-0.15, -0.1) is 0 Å². The van der Waals surface area contributed by atoms with Gasteiger partial charge in [0, 0.05) is 9.50 Å². The van der Waals surface area contributed by atoms with Gasteiger partial charge in [0.05, 0.1) is 18.4 Å². The van der Waals surface area contributed by atoms with Gasteiger partial charge in [-0.2, -0.15) is 0 Å². The third kappa shape index (κ3) is 3.23. The van der Waals surface area contributed by atoms with Crippen molar-refractivity contribution in [1.82, 2.24) is 0 Å². The highest BCUT2D eigenvalue weighted by Crippen LogP contribution is 2.28. The molecule has 2 N–H and O–H groups in total. The van der Waals surface area contributed by atoms with Gasteiger partial charge < -0.3 is 15.2 Å². The van der Waals surface area contributed by atoms with E-state index < -0.39 is 5.91 Å². The molecule has 104 valence electrons. The van der Waals surface area contributed by atoms with Gasteiger partial charge in [-0.05, 0) is 52.3 Å². The maximum atomic E-state index is 12.2. The number of ether oxygens (including phenoxy) is 1. The second-order valence-corrected chi connectivity index (χ2v) is 5.25. The van der Waals surface area contributed by atoms with Crippen LogP contribution in [0.3, 0.4) is 0 Å². The van der Waals surface area contributed by atoms with Gasteiger partial charge in [-0.25, -0.2) is 0 Å². The van der Waals surface area contributed by atoms with E-state index in [-0.39, 0.29) is 11.3 Å². The third-order valence-electron chi connectivity index (χ3n) is 2.63. The number of methoxy groups -OCH3 is 1. The first-order valence-electron chi connectivity index (χ1n) is 5.64. The van der Waals surface area contributed by atoms with E-state index in [1.54, 1.807) is 24.3 Å². The van der Waals surface area contributed by atoms with Crippen molar-refractivity contribution in [3.8, 4) is 11.5 Å². The van der Waals surface area contributed by atoms with Crippen molar-refractivity contribution >= 4 is 39.1 Å². The van der Waals surface area contributed by atoms with Crippen molar-refractivity contribution in [2.24, 2.45) is 0 Å². The van der Waals surface area contributed by atoms with Gasteiger partial charge in [0.2, 0.25) is 0 Å². The van der Waals surface area contributed by atoms with Crippen LogP contribution in [0.5, 0.6) is 11.5 Å². The zero-order valence-electron chi connectivity index (χ0n) is 10.5. The number of aromatic hydroxyl groups is 1. The molecule has 4 nitrogen and oxygen atoms in total. The fourth-order valence-electron chi connectivity index (χ4n) is 1.60. The van der Waals surface area contributed by atoms with Gasteiger partial charge >= 0.3 is 0 Å². The molecule has 2 aromatic rings. The Morgan fingerprint density at radius 3 is 2.70 bits per heavy atom. The van der Waals surface area contributed by atoms with Crippen LogP contribution in [0.25, 0.3) is 0 Å². The third-order valence-corrected chi connectivity index (χ3v) is 3.52. The van der Waals surface area contributed by atoms with E-state index in [0.29, 0.717) is 20.9 Å². The highest BCUT2D eigenvalue weighted by Gasteiger charge is 2.14. The predicted octanol–water partition coefficient (Wildman–Crippen LogP) is 4.07. The van der Waals surface area contributed by atoms with E-state index in [1.165, 1.54) is 19.2 Å². The van der Waals surface area contributed by atoms with Crippen LogP contribution < -0.4 is 10.1 Å². The number of phenols is 1. The number of amides is 1. The molecule has 0 fully saturated rings. The van der Waals surface area contributed by atoms with Crippen LogP contribution in [0.15, 0.2) is 40.9 Å². The molecule has 0 spiro atoms. The molecule has 0 unspecified atom stereocenters. The molecule has 0 aliphatic carbocycles. The summed E-state index contributed by atoms with van der Waals surface area (Å²) in [7, 11) is 1.49. The normalized spacial score (nSPS) is 10.2. The molecule has 0 aliphatic heterocycles. The lowest BCUT2D eigenvalue weighted by Gasteiger charge is -2.10. The highest BCUT2D eigenvalue weighted by molar-refractivity contribution is 9.10. The first-order valence-corrected chi connectivity index (χ1v) is 6.82. The van der Waals surface area contributed by atoms with Crippen molar-refractivity contribution in [3.05, 3.63) is 51.5 Å². The number of phenolic OH excluding ortho intramolecular Hbond substituents is 1. The second-order valence-electron chi connectivity index (χ2n) is 3.96. The van der Waals surface area contributed by atoms with Gasteiger partial charge in [0.1, 0.15) is 11.5 Å². The minimum absolute atomic E-state index is 0.117. The van der Waals surface area contributed by atoms with E-state index >= 15 is 0 Å². The predicted molar refractivity (Wildman–Crippen MR) is 81.8 cm³/mol. The molecule has 1 amide bonds. The first kappa shape index (κ1) is 14.7.